The molecule has 106 valence electrons. The third kappa shape index (κ3) is 3.62. The molecular weight excluding hydrogens is 258 g/mol. The van der Waals surface area contributed by atoms with Crippen LogP contribution in [0.25, 0.3) is 0 Å². The fourth-order valence-corrected chi connectivity index (χ4v) is 3.14. The standard InChI is InChI=1S/C15H24ClN3/c1-11(17)14-5-4-13(8-15(14)16)19(3)10-12-6-7-18(2)9-12/h4-5,8,11-12H,6-7,9-10,17H2,1-3H3. The van der Waals surface area contributed by atoms with Crippen LogP contribution in [0.15, 0.2) is 18.2 Å². The first kappa shape index (κ1) is 14.6. The van der Waals surface area contributed by atoms with Crippen LogP contribution >= 0.6 is 11.6 Å². The molecule has 1 aliphatic rings. The lowest BCUT2D eigenvalue weighted by molar-refractivity contribution is 0.396. The van der Waals surface area contributed by atoms with Crippen molar-refractivity contribution < 1.29 is 0 Å². The molecule has 2 rings (SSSR count). The summed E-state index contributed by atoms with van der Waals surface area (Å²) in [5.74, 6) is 0.752. The van der Waals surface area contributed by atoms with Crippen LogP contribution in [0, 0.1) is 5.92 Å². The molecule has 0 aliphatic carbocycles. The summed E-state index contributed by atoms with van der Waals surface area (Å²) in [7, 11) is 4.32. The van der Waals surface area contributed by atoms with Crippen LogP contribution in [0.4, 0.5) is 5.69 Å². The van der Waals surface area contributed by atoms with Crippen molar-refractivity contribution in [3.63, 3.8) is 0 Å². The van der Waals surface area contributed by atoms with Crippen LogP contribution in [0.2, 0.25) is 5.02 Å². The number of anilines is 1. The number of nitrogens with two attached hydrogens (primary N) is 1. The molecule has 1 heterocycles. The molecule has 19 heavy (non-hydrogen) atoms. The Morgan fingerprint density at radius 1 is 1.53 bits per heavy atom. The van der Waals surface area contributed by atoms with E-state index in [1.807, 2.05) is 19.1 Å². The Hall–Kier alpha value is -0.770. The van der Waals surface area contributed by atoms with E-state index < -0.39 is 0 Å². The maximum Gasteiger partial charge on any atom is 0.0474 e. The van der Waals surface area contributed by atoms with Crippen molar-refractivity contribution in [1.29, 1.82) is 0 Å². The summed E-state index contributed by atoms with van der Waals surface area (Å²) in [5, 5.41) is 0.767. The first-order valence-corrected chi connectivity index (χ1v) is 7.30. The second-order valence-corrected chi connectivity index (χ2v) is 6.20. The van der Waals surface area contributed by atoms with E-state index in [0.29, 0.717) is 0 Å². The van der Waals surface area contributed by atoms with Crippen LogP contribution in [0.1, 0.15) is 24.9 Å². The van der Waals surface area contributed by atoms with E-state index in [2.05, 4.69) is 30.0 Å². The molecule has 0 amide bonds. The van der Waals surface area contributed by atoms with Crippen molar-refractivity contribution in [3.05, 3.63) is 28.8 Å². The van der Waals surface area contributed by atoms with Gasteiger partial charge >= 0.3 is 0 Å². The molecule has 2 unspecified atom stereocenters. The first-order valence-electron chi connectivity index (χ1n) is 6.92. The number of likely N-dealkylation sites (tertiary alicyclic amines) is 1. The highest BCUT2D eigenvalue weighted by atomic mass is 35.5. The summed E-state index contributed by atoms with van der Waals surface area (Å²) in [6, 6.07) is 6.16. The lowest BCUT2D eigenvalue weighted by Crippen LogP contribution is -2.27. The minimum atomic E-state index is -0.0182. The van der Waals surface area contributed by atoms with Gasteiger partial charge in [-0.2, -0.15) is 0 Å². The largest absolute Gasteiger partial charge is 0.374 e. The number of hydrogen-bond donors (Lipinski definition) is 1. The third-order valence-corrected chi connectivity index (χ3v) is 4.26. The van der Waals surface area contributed by atoms with Crippen LogP contribution in [0.3, 0.4) is 0 Å². The number of hydrogen-bond acceptors (Lipinski definition) is 3. The van der Waals surface area contributed by atoms with Crippen molar-refractivity contribution in [2.24, 2.45) is 11.7 Å². The summed E-state index contributed by atoms with van der Waals surface area (Å²) < 4.78 is 0. The van der Waals surface area contributed by atoms with Crippen LogP contribution in [0.5, 0.6) is 0 Å². The zero-order valence-electron chi connectivity index (χ0n) is 12.1. The SMILES string of the molecule is CC(N)c1ccc(N(C)CC2CCN(C)C2)cc1Cl. The zero-order valence-corrected chi connectivity index (χ0v) is 12.8. The Balaban J connectivity index is 2.03. The molecular formula is C15H24ClN3. The van der Waals surface area contributed by atoms with E-state index in [9.17, 15) is 0 Å². The third-order valence-electron chi connectivity index (χ3n) is 3.94. The highest BCUT2D eigenvalue weighted by Crippen LogP contribution is 2.27. The van der Waals surface area contributed by atoms with Gasteiger partial charge < -0.3 is 15.5 Å². The van der Waals surface area contributed by atoms with E-state index >= 15 is 0 Å². The van der Waals surface area contributed by atoms with E-state index in [1.54, 1.807) is 0 Å². The highest BCUT2D eigenvalue weighted by Gasteiger charge is 2.21. The van der Waals surface area contributed by atoms with Crippen molar-refractivity contribution in [2.75, 3.05) is 38.6 Å². The quantitative estimate of drug-likeness (QED) is 0.921. The molecule has 1 saturated heterocycles. The molecule has 2 N–H and O–H groups in total. The first-order chi connectivity index (χ1) is 8.97. The van der Waals surface area contributed by atoms with Gasteiger partial charge in [0.15, 0.2) is 0 Å². The lowest BCUT2D eigenvalue weighted by atomic mass is 10.1. The molecule has 0 aromatic heterocycles. The van der Waals surface area contributed by atoms with E-state index in [4.69, 9.17) is 17.3 Å². The Bertz CT molecular complexity index is 433. The summed E-state index contributed by atoms with van der Waals surface area (Å²) in [5.41, 5.74) is 8.07. The number of nitrogens with zero attached hydrogens (tertiary/aromatic N) is 2. The fourth-order valence-electron chi connectivity index (χ4n) is 2.79. The molecule has 1 fully saturated rings. The maximum atomic E-state index is 6.29. The molecule has 0 saturated carbocycles. The van der Waals surface area contributed by atoms with Gasteiger partial charge in [0.05, 0.1) is 0 Å². The van der Waals surface area contributed by atoms with Crippen molar-refractivity contribution in [1.82, 2.24) is 4.90 Å². The molecule has 3 nitrogen and oxygen atoms in total. The molecule has 1 aromatic carbocycles. The molecule has 0 bridgehead atoms. The predicted octanol–water partition coefficient (Wildman–Crippen LogP) is 2.75. The van der Waals surface area contributed by atoms with Gasteiger partial charge in [0, 0.05) is 36.9 Å². The van der Waals surface area contributed by atoms with Crippen LogP contribution < -0.4 is 10.6 Å². The molecule has 1 aromatic rings. The number of benzene rings is 1. The molecule has 4 heteroatoms. The lowest BCUT2D eigenvalue weighted by Gasteiger charge is -2.24. The Morgan fingerprint density at radius 3 is 2.79 bits per heavy atom. The Morgan fingerprint density at radius 2 is 2.26 bits per heavy atom. The minimum absolute atomic E-state index is 0.0182. The molecule has 2 atom stereocenters. The van der Waals surface area contributed by atoms with Crippen LogP contribution in [-0.4, -0.2) is 38.6 Å². The van der Waals surface area contributed by atoms with Gasteiger partial charge in [0.25, 0.3) is 0 Å². The summed E-state index contributed by atoms with van der Waals surface area (Å²) in [6.45, 7) is 5.44. The van der Waals surface area contributed by atoms with Gasteiger partial charge in [0.1, 0.15) is 0 Å². The van der Waals surface area contributed by atoms with Gasteiger partial charge in [-0.1, -0.05) is 17.7 Å². The molecule has 1 aliphatic heterocycles. The van der Waals surface area contributed by atoms with Crippen molar-refractivity contribution in [2.45, 2.75) is 19.4 Å². The van der Waals surface area contributed by atoms with Gasteiger partial charge in [-0.3, -0.25) is 0 Å². The zero-order chi connectivity index (χ0) is 14.0. The van der Waals surface area contributed by atoms with Gasteiger partial charge in [0.2, 0.25) is 0 Å². The van der Waals surface area contributed by atoms with Crippen molar-refractivity contribution in [3.8, 4) is 0 Å². The summed E-state index contributed by atoms with van der Waals surface area (Å²) in [6.07, 6.45) is 1.28. The second kappa shape index (κ2) is 6.12. The highest BCUT2D eigenvalue weighted by molar-refractivity contribution is 6.31. The average molecular weight is 282 g/mol. The average Bonchev–Trinajstić information content (AvgIpc) is 2.74. The monoisotopic (exact) mass is 281 g/mol. The molecule has 0 radical (unpaired) electrons. The fraction of sp³-hybridized carbons (Fsp3) is 0.600. The second-order valence-electron chi connectivity index (χ2n) is 5.79. The van der Waals surface area contributed by atoms with Crippen molar-refractivity contribution >= 4 is 17.3 Å². The molecule has 0 spiro atoms. The van der Waals surface area contributed by atoms with E-state index in [1.165, 1.54) is 25.2 Å². The Labute approximate surface area is 121 Å². The normalized spacial score (nSPS) is 21.6. The maximum absolute atomic E-state index is 6.29. The minimum Gasteiger partial charge on any atom is -0.374 e. The predicted molar refractivity (Wildman–Crippen MR) is 82.9 cm³/mol. The number of rotatable bonds is 4. The topological polar surface area (TPSA) is 32.5 Å². The Kier molecular flexibility index (Phi) is 4.71. The van der Waals surface area contributed by atoms with E-state index in [0.717, 1.165) is 23.0 Å². The smallest absolute Gasteiger partial charge is 0.0474 e. The summed E-state index contributed by atoms with van der Waals surface area (Å²) in [4.78, 5) is 4.69. The van der Waals surface area contributed by atoms with Gasteiger partial charge in [-0.05, 0) is 50.6 Å². The van der Waals surface area contributed by atoms with Crippen LogP contribution in [-0.2, 0) is 0 Å². The number of halogens is 1. The van der Waals surface area contributed by atoms with E-state index in [-0.39, 0.29) is 6.04 Å². The van der Waals surface area contributed by atoms with Gasteiger partial charge in [-0.15, -0.1) is 0 Å². The van der Waals surface area contributed by atoms with Gasteiger partial charge in [-0.25, -0.2) is 0 Å². The summed E-state index contributed by atoms with van der Waals surface area (Å²) >= 11 is 6.29.